The molecule has 0 spiro atoms. The van der Waals surface area contributed by atoms with E-state index in [1.807, 2.05) is 0 Å². The second-order valence-electron chi connectivity index (χ2n) is 2.78. The quantitative estimate of drug-likeness (QED) is 0.560. The number of hydrogen-bond acceptors (Lipinski definition) is 4. The van der Waals surface area contributed by atoms with Crippen molar-refractivity contribution in [2.45, 2.75) is 13.3 Å². The number of amides is 1. The minimum Gasteiger partial charge on any atom is -0.478 e. The molecule has 8 heteroatoms. The van der Waals surface area contributed by atoms with Crippen LogP contribution in [0.5, 0.6) is 0 Å². The van der Waals surface area contributed by atoms with E-state index in [4.69, 9.17) is 5.11 Å². The molecule has 86 valence electrons. The van der Waals surface area contributed by atoms with Crippen molar-refractivity contribution in [1.82, 2.24) is 14.9 Å². The minimum atomic E-state index is -1.24. The van der Waals surface area contributed by atoms with Crippen LogP contribution in [0.25, 0.3) is 0 Å². The van der Waals surface area contributed by atoms with Crippen LogP contribution in [0.1, 0.15) is 12.7 Å². The summed E-state index contributed by atoms with van der Waals surface area (Å²) in [6.45, 7) is 1.76. The van der Waals surface area contributed by atoms with E-state index in [-0.39, 0.29) is 0 Å². The lowest BCUT2D eigenvalue weighted by atomic mass is 10.4. The molecule has 16 heavy (non-hydrogen) atoms. The van der Waals surface area contributed by atoms with Crippen LogP contribution >= 0.6 is 0 Å². The third kappa shape index (κ3) is 2.80. The largest absolute Gasteiger partial charge is 0.478 e. The molecule has 1 heterocycles. The number of aliphatic carboxylic acids is 1. The fourth-order valence-electron chi connectivity index (χ4n) is 0.976. The third-order valence-corrected chi connectivity index (χ3v) is 1.66. The van der Waals surface area contributed by atoms with E-state index in [9.17, 15) is 14.4 Å². The summed E-state index contributed by atoms with van der Waals surface area (Å²) >= 11 is 0. The van der Waals surface area contributed by atoms with Gasteiger partial charge in [-0.25, -0.2) is 14.7 Å². The summed E-state index contributed by atoms with van der Waals surface area (Å²) in [5.74, 6) is -1.62. The fraction of sp³-hybridized carbons (Fsp3) is 0.250. The van der Waals surface area contributed by atoms with Crippen LogP contribution in [0.3, 0.4) is 0 Å². The summed E-state index contributed by atoms with van der Waals surface area (Å²) < 4.78 is 0.925. The topological polar surface area (TPSA) is 117 Å². The molecular weight excluding hydrogens is 216 g/mol. The first kappa shape index (κ1) is 11.7. The Morgan fingerprint density at radius 2 is 2.25 bits per heavy atom. The predicted molar refractivity (Wildman–Crippen MR) is 53.4 cm³/mol. The Kier molecular flexibility index (Phi) is 3.59. The van der Waals surface area contributed by atoms with Crippen molar-refractivity contribution < 1.29 is 14.7 Å². The molecule has 1 amide bonds. The number of carboxylic acid groups (broad SMARTS) is 1. The maximum Gasteiger partial charge on any atom is 0.362 e. The monoisotopic (exact) mass is 226 g/mol. The number of carboxylic acids is 1. The number of rotatable bonds is 4. The van der Waals surface area contributed by atoms with Gasteiger partial charge in [-0.05, 0) is 0 Å². The lowest BCUT2D eigenvalue weighted by Crippen LogP contribution is -2.31. The van der Waals surface area contributed by atoms with Gasteiger partial charge in [-0.2, -0.15) is 9.77 Å². The van der Waals surface area contributed by atoms with Crippen LogP contribution < -0.4 is 11.1 Å². The summed E-state index contributed by atoms with van der Waals surface area (Å²) in [6.07, 6.45) is 1.93. The van der Waals surface area contributed by atoms with Crippen LogP contribution in [0.4, 0.5) is 0 Å². The van der Waals surface area contributed by atoms with Crippen molar-refractivity contribution in [2.24, 2.45) is 0 Å². The average molecular weight is 226 g/mol. The van der Waals surface area contributed by atoms with E-state index in [1.54, 1.807) is 6.92 Å². The molecule has 0 aromatic carbocycles. The van der Waals surface area contributed by atoms with Gasteiger partial charge in [0.15, 0.2) is 5.82 Å². The van der Waals surface area contributed by atoms with Gasteiger partial charge in [0, 0.05) is 18.6 Å². The predicted octanol–water partition coefficient (Wildman–Crippen LogP) is -1.16. The average Bonchev–Trinajstić information content (AvgIpc) is 2.57. The van der Waals surface area contributed by atoms with Crippen LogP contribution in [0.15, 0.2) is 16.9 Å². The molecule has 0 atom stereocenters. The molecule has 0 aliphatic carbocycles. The van der Waals surface area contributed by atoms with E-state index in [1.165, 1.54) is 0 Å². The molecule has 0 saturated heterocycles. The molecular formula is C8H10N4O4. The molecule has 1 rings (SSSR count). The Hall–Kier alpha value is -2.38. The molecule has 8 nitrogen and oxygen atoms in total. The number of H-pyrrole nitrogens is 1. The SMILES string of the molecule is CCc1n[nH]c(=O)n1NC(=O)C=CC(=O)O. The molecule has 0 bridgehead atoms. The summed E-state index contributed by atoms with van der Waals surface area (Å²) in [6, 6.07) is 0. The van der Waals surface area contributed by atoms with Crippen molar-refractivity contribution in [3.8, 4) is 0 Å². The molecule has 3 N–H and O–H groups in total. The van der Waals surface area contributed by atoms with Gasteiger partial charge in [0.2, 0.25) is 0 Å². The van der Waals surface area contributed by atoms with E-state index < -0.39 is 17.6 Å². The summed E-state index contributed by atoms with van der Waals surface area (Å²) in [7, 11) is 0. The molecule has 1 aromatic rings. The van der Waals surface area contributed by atoms with E-state index in [2.05, 4.69) is 15.6 Å². The number of aromatic nitrogens is 3. The maximum absolute atomic E-state index is 11.2. The van der Waals surface area contributed by atoms with Crippen molar-refractivity contribution in [2.75, 3.05) is 5.43 Å². The van der Waals surface area contributed by atoms with Crippen LogP contribution in [0.2, 0.25) is 0 Å². The van der Waals surface area contributed by atoms with Crippen molar-refractivity contribution in [3.05, 3.63) is 28.5 Å². The van der Waals surface area contributed by atoms with Crippen molar-refractivity contribution in [3.63, 3.8) is 0 Å². The second-order valence-corrected chi connectivity index (χ2v) is 2.78. The lowest BCUT2D eigenvalue weighted by Gasteiger charge is -2.02. The van der Waals surface area contributed by atoms with Crippen LogP contribution in [-0.2, 0) is 16.0 Å². The first-order valence-electron chi connectivity index (χ1n) is 4.43. The second kappa shape index (κ2) is 4.91. The number of nitrogens with zero attached hydrogens (tertiary/aromatic N) is 2. The Bertz CT molecular complexity index is 484. The minimum absolute atomic E-state index is 0.349. The molecule has 1 aromatic heterocycles. The molecule has 0 aliphatic rings. The van der Waals surface area contributed by atoms with Gasteiger partial charge in [0.05, 0.1) is 0 Å². The van der Waals surface area contributed by atoms with E-state index in [0.29, 0.717) is 18.3 Å². The van der Waals surface area contributed by atoms with Gasteiger partial charge in [0.1, 0.15) is 0 Å². The number of carbonyl (C=O) groups excluding carboxylic acids is 1. The third-order valence-electron chi connectivity index (χ3n) is 1.66. The number of aryl methyl sites for hydroxylation is 1. The van der Waals surface area contributed by atoms with Gasteiger partial charge in [0.25, 0.3) is 5.91 Å². The number of aromatic amines is 1. The van der Waals surface area contributed by atoms with Gasteiger partial charge in [-0.3, -0.25) is 10.2 Å². The van der Waals surface area contributed by atoms with Crippen molar-refractivity contribution in [1.29, 1.82) is 0 Å². The maximum atomic E-state index is 11.2. The van der Waals surface area contributed by atoms with E-state index >= 15 is 0 Å². The normalized spacial score (nSPS) is 10.6. The highest BCUT2D eigenvalue weighted by Gasteiger charge is 2.07. The molecule has 0 radical (unpaired) electrons. The smallest absolute Gasteiger partial charge is 0.362 e. The number of carbonyl (C=O) groups is 2. The molecule has 0 fully saturated rings. The molecule has 0 aliphatic heterocycles. The molecule has 0 saturated carbocycles. The van der Waals surface area contributed by atoms with Gasteiger partial charge < -0.3 is 5.11 Å². The van der Waals surface area contributed by atoms with Crippen molar-refractivity contribution >= 4 is 11.9 Å². The highest BCUT2D eigenvalue weighted by Crippen LogP contribution is 1.88. The Labute approximate surface area is 89.6 Å². The Balaban J connectivity index is 2.80. The highest BCUT2D eigenvalue weighted by molar-refractivity contribution is 5.98. The first-order valence-corrected chi connectivity index (χ1v) is 4.43. The fourth-order valence-corrected chi connectivity index (χ4v) is 0.976. The number of hydrogen-bond donors (Lipinski definition) is 3. The highest BCUT2D eigenvalue weighted by atomic mass is 16.4. The van der Waals surface area contributed by atoms with Crippen LogP contribution in [0, 0.1) is 0 Å². The zero-order chi connectivity index (χ0) is 12.1. The number of nitrogens with one attached hydrogen (secondary N) is 2. The zero-order valence-corrected chi connectivity index (χ0v) is 8.43. The molecule has 0 unspecified atom stereocenters. The van der Waals surface area contributed by atoms with Gasteiger partial charge >= 0.3 is 11.7 Å². The Morgan fingerprint density at radius 3 is 2.81 bits per heavy atom. The lowest BCUT2D eigenvalue weighted by molar-refractivity contribution is -0.131. The summed E-state index contributed by atoms with van der Waals surface area (Å²) in [5.41, 5.74) is 1.60. The standard InChI is InChI=1S/C8H10N4O4/c1-2-5-9-10-8(16)12(5)11-6(13)3-4-7(14)15/h3-4H,2H2,1H3,(H,10,16)(H,11,13)(H,14,15). The zero-order valence-electron chi connectivity index (χ0n) is 8.43. The van der Waals surface area contributed by atoms with Gasteiger partial charge in [-0.15, -0.1) is 0 Å². The van der Waals surface area contributed by atoms with Crippen LogP contribution in [-0.4, -0.2) is 31.9 Å². The van der Waals surface area contributed by atoms with Gasteiger partial charge in [-0.1, -0.05) is 6.92 Å². The summed E-state index contributed by atoms with van der Waals surface area (Å²) in [4.78, 5) is 32.5. The summed E-state index contributed by atoms with van der Waals surface area (Å²) in [5, 5.41) is 14.1. The van der Waals surface area contributed by atoms with E-state index in [0.717, 1.165) is 10.8 Å². The Morgan fingerprint density at radius 1 is 1.56 bits per heavy atom. The first-order chi connectivity index (χ1) is 7.54.